The van der Waals surface area contributed by atoms with Crippen LogP contribution in [0.25, 0.3) is 0 Å². The van der Waals surface area contributed by atoms with Crippen LogP contribution in [0.2, 0.25) is 0 Å². The summed E-state index contributed by atoms with van der Waals surface area (Å²) in [6.07, 6.45) is 3.26. The number of nitrogens with zero attached hydrogens (tertiary/aromatic N) is 1. The van der Waals surface area contributed by atoms with Crippen LogP contribution in [0.1, 0.15) is 24.0 Å². The molecule has 4 N–H and O–H groups in total. The van der Waals surface area contributed by atoms with Gasteiger partial charge >= 0.3 is 6.03 Å². The molecule has 2 unspecified atom stereocenters. The summed E-state index contributed by atoms with van der Waals surface area (Å²) in [5.41, 5.74) is 3.40. The summed E-state index contributed by atoms with van der Waals surface area (Å²) in [6, 6.07) is 18.3. The number of hydrogen-bond acceptors (Lipinski definition) is 3. The Labute approximate surface area is 183 Å². The molecule has 0 aliphatic carbocycles. The Bertz CT molecular complexity index is 869. The molecule has 4 rings (SSSR count). The highest BCUT2D eigenvalue weighted by Gasteiger charge is 2.28. The van der Waals surface area contributed by atoms with E-state index in [0.29, 0.717) is 12.6 Å². The fourth-order valence-electron chi connectivity index (χ4n) is 4.16. The minimum atomic E-state index is -0.200. The van der Waals surface area contributed by atoms with Crippen LogP contribution in [0.5, 0.6) is 0 Å². The number of amides is 2. The van der Waals surface area contributed by atoms with Crippen LogP contribution < -0.4 is 21.3 Å². The van der Waals surface area contributed by atoms with Crippen molar-refractivity contribution < 1.29 is 4.79 Å². The number of anilines is 1. The van der Waals surface area contributed by atoms with Gasteiger partial charge in [-0.3, -0.25) is 0 Å². The molecule has 2 aromatic rings. The maximum Gasteiger partial charge on any atom is 0.319 e. The van der Waals surface area contributed by atoms with E-state index in [9.17, 15) is 4.79 Å². The Morgan fingerprint density at radius 3 is 2.57 bits per heavy atom. The third-order valence-corrected chi connectivity index (χ3v) is 6.19. The fraction of sp³-hybridized carbons (Fsp3) is 0.391. The number of thiocarbonyl (C=S) groups is 1. The zero-order valence-corrected chi connectivity index (χ0v) is 17.9. The van der Waals surface area contributed by atoms with Crippen LogP contribution in [0.3, 0.4) is 0 Å². The molecule has 158 valence electrons. The van der Waals surface area contributed by atoms with E-state index in [1.807, 2.05) is 30.3 Å². The van der Waals surface area contributed by atoms with E-state index in [4.69, 9.17) is 12.2 Å². The van der Waals surface area contributed by atoms with Crippen molar-refractivity contribution in [1.29, 1.82) is 0 Å². The topological polar surface area (TPSA) is 68.4 Å². The number of para-hydroxylation sites is 1. The molecule has 2 aliphatic heterocycles. The molecular formula is C23H29N5OS. The second-order valence-electron chi connectivity index (χ2n) is 7.93. The Balaban J connectivity index is 1.38. The lowest BCUT2D eigenvalue weighted by Crippen LogP contribution is -2.54. The first-order chi connectivity index (χ1) is 14.7. The average molecular weight is 424 g/mol. The molecule has 2 aliphatic rings. The van der Waals surface area contributed by atoms with Gasteiger partial charge in [0.2, 0.25) is 0 Å². The highest BCUT2D eigenvalue weighted by Crippen LogP contribution is 2.23. The summed E-state index contributed by atoms with van der Waals surface area (Å²) in [4.78, 5) is 14.6. The lowest BCUT2D eigenvalue weighted by atomic mass is 9.94. The molecule has 2 heterocycles. The van der Waals surface area contributed by atoms with Gasteiger partial charge in [-0.2, -0.15) is 0 Å². The van der Waals surface area contributed by atoms with E-state index in [1.165, 1.54) is 24.0 Å². The zero-order valence-electron chi connectivity index (χ0n) is 17.1. The number of nitrogens with one attached hydrogen (secondary N) is 4. The molecule has 7 heteroatoms. The second kappa shape index (κ2) is 9.91. The number of carbonyl (C=O) groups is 1. The Morgan fingerprint density at radius 1 is 1.03 bits per heavy atom. The predicted molar refractivity (Wildman–Crippen MR) is 125 cm³/mol. The molecule has 6 nitrogen and oxygen atoms in total. The largest absolute Gasteiger partial charge is 0.361 e. The van der Waals surface area contributed by atoms with Crippen LogP contribution in [0, 0.1) is 0 Å². The minimum Gasteiger partial charge on any atom is -0.361 e. The fourth-order valence-corrected chi connectivity index (χ4v) is 4.45. The molecule has 0 saturated carbocycles. The van der Waals surface area contributed by atoms with Crippen LogP contribution in [-0.2, 0) is 13.0 Å². The van der Waals surface area contributed by atoms with Gasteiger partial charge in [-0.25, -0.2) is 4.79 Å². The van der Waals surface area contributed by atoms with Crippen molar-refractivity contribution in [2.45, 2.75) is 37.9 Å². The standard InChI is InChI=1S/C23H29N5OS/c29-22(27-19-9-2-1-3-10-19)25-15-21-13-17-7-4-5-8-18(17)16-28(21)23(30)26-14-20-11-6-12-24-20/h1-5,7-10,20-21,24H,6,11-16H2,(H,26,30)(H2,25,27,29). The number of benzene rings is 2. The van der Waals surface area contributed by atoms with E-state index < -0.39 is 0 Å². The molecule has 1 fully saturated rings. The van der Waals surface area contributed by atoms with Gasteiger partial charge in [0.1, 0.15) is 0 Å². The first-order valence-electron chi connectivity index (χ1n) is 10.6. The smallest absolute Gasteiger partial charge is 0.319 e. The quantitative estimate of drug-likeness (QED) is 0.557. The molecule has 1 saturated heterocycles. The molecule has 2 aromatic carbocycles. The third-order valence-electron chi connectivity index (χ3n) is 5.81. The van der Waals surface area contributed by atoms with Crippen LogP contribution in [-0.4, -0.2) is 47.8 Å². The van der Waals surface area contributed by atoms with Crippen molar-refractivity contribution in [3.05, 3.63) is 65.7 Å². The molecule has 2 amide bonds. The van der Waals surface area contributed by atoms with Gasteiger partial charge in [0.25, 0.3) is 0 Å². The van der Waals surface area contributed by atoms with Gasteiger partial charge in [-0.05, 0) is 61.3 Å². The maximum atomic E-state index is 12.4. The van der Waals surface area contributed by atoms with Crippen molar-refractivity contribution in [2.75, 3.05) is 25.0 Å². The average Bonchev–Trinajstić information content (AvgIpc) is 3.30. The highest BCUT2D eigenvalue weighted by atomic mass is 32.1. The summed E-state index contributed by atoms with van der Waals surface area (Å²) < 4.78 is 0. The number of rotatable bonds is 5. The molecule has 0 bridgehead atoms. The van der Waals surface area contributed by atoms with Crippen molar-refractivity contribution in [3.8, 4) is 0 Å². The van der Waals surface area contributed by atoms with Gasteiger partial charge < -0.3 is 26.2 Å². The molecule has 30 heavy (non-hydrogen) atoms. The maximum absolute atomic E-state index is 12.4. The Morgan fingerprint density at radius 2 is 1.80 bits per heavy atom. The van der Waals surface area contributed by atoms with Crippen LogP contribution >= 0.6 is 12.2 Å². The first kappa shape index (κ1) is 20.6. The lowest BCUT2D eigenvalue weighted by molar-refractivity contribution is 0.239. The summed E-state index contributed by atoms with van der Waals surface area (Å²) >= 11 is 5.76. The summed E-state index contributed by atoms with van der Waals surface area (Å²) in [7, 11) is 0. The highest BCUT2D eigenvalue weighted by molar-refractivity contribution is 7.80. The molecule has 2 atom stereocenters. The number of fused-ring (bicyclic) bond motifs is 1. The summed E-state index contributed by atoms with van der Waals surface area (Å²) in [5, 5.41) is 13.6. The summed E-state index contributed by atoms with van der Waals surface area (Å²) in [5.74, 6) is 0. The van der Waals surface area contributed by atoms with Gasteiger partial charge in [0, 0.05) is 31.4 Å². The normalized spacial score (nSPS) is 20.3. The van der Waals surface area contributed by atoms with E-state index in [-0.39, 0.29) is 12.1 Å². The van der Waals surface area contributed by atoms with E-state index in [2.05, 4.69) is 50.4 Å². The van der Waals surface area contributed by atoms with Crippen molar-refractivity contribution in [2.24, 2.45) is 0 Å². The zero-order chi connectivity index (χ0) is 20.8. The molecular weight excluding hydrogens is 394 g/mol. The molecule has 0 aromatic heterocycles. The SMILES string of the molecule is O=C(NCC1Cc2ccccc2CN1C(=S)NCC1CCCN1)Nc1ccccc1. The van der Waals surface area contributed by atoms with Crippen molar-refractivity contribution >= 4 is 29.0 Å². The predicted octanol–water partition coefficient (Wildman–Crippen LogP) is 2.86. The third kappa shape index (κ3) is 5.29. The van der Waals surface area contributed by atoms with E-state index in [0.717, 1.165) is 36.9 Å². The van der Waals surface area contributed by atoms with Crippen LogP contribution in [0.4, 0.5) is 10.5 Å². The molecule has 0 spiro atoms. The van der Waals surface area contributed by atoms with E-state index >= 15 is 0 Å². The van der Waals surface area contributed by atoms with Crippen molar-refractivity contribution in [1.82, 2.24) is 20.9 Å². The van der Waals surface area contributed by atoms with Crippen molar-refractivity contribution in [3.63, 3.8) is 0 Å². The second-order valence-corrected chi connectivity index (χ2v) is 8.32. The number of carbonyl (C=O) groups excluding carboxylic acids is 1. The lowest BCUT2D eigenvalue weighted by Gasteiger charge is -2.39. The van der Waals surface area contributed by atoms with Gasteiger partial charge in [-0.15, -0.1) is 0 Å². The number of hydrogen-bond donors (Lipinski definition) is 4. The van der Waals surface area contributed by atoms with E-state index in [1.54, 1.807) is 0 Å². The number of urea groups is 1. The monoisotopic (exact) mass is 423 g/mol. The minimum absolute atomic E-state index is 0.109. The summed E-state index contributed by atoms with van der Waals surface area (Å²) in [6.45, 7) is 3.20. The molecule has 0 radical (unpaired) electrons. The Hall–Kier alpha value is -2.64. The van der Waals surface area contributed by atoms with Gasteiger partial charge in [-0.1, -0.05) is 42.5 Å². The Kier molecular flexibility index (Phi) is 6.81. The van der Waals surface area contributed by atoms with Crippen LogP contribution in [0.15, 0.2) is 54.6 Å². The van der Waals surface area contributed by atoms with Gasteiger partial charge in [0.05, 0.1) is 6.04 Å². The van der Waals surface area contributed by atoms with Gasteiger partial charge in [0.15, 0.2) is 5.11 Å². The first-order valence-corrected chi connectivity index (χ1v) is 11.0.